The second-order valence-electron chi connectivity index (χ2n) is 7.35. The van der Waals surface area contributed by atoms with E-state index in [0.29, 0.717) is 24.3 Å². The summed E-state index contributed by atoms with van der Waals surface area (Å²) in [6.07, 6.45) is -3.37. The minimum Gasteiger partial charge on any atom is -0.497 e. The Hall–Kier alpha value is -3.04. The molecule has 10 heteroatoms. The summed E-state index contributed by atoms with van der Waals surface area (Å²) in [5.41, 5.74) is -0.874. The highest BCUT2D eigenvalue weighted by Crippen LogP contribution is 2.36. The minimum atomic E-state index is -4.67. The van der Waals surface area contributed by atoms with Crippen LogP contribution in [0.3, 0.4) is 0 Å². The number of nitrogens with zero attached hydrogens (tertiary/aromatic N) is 3. The van der Waals surface area contributed by atoms with Crippen molar-refractivity contribution >= 4 is 11.9 Å². The predicted octanol–water partition coefficient (Wildman–Crippen LogP) is 3.63. The van der Waals surface area contributed by atoms with Gasteiger partial charge in [-0.05, 0) is 50.5 Å². The molecule has 1 aromatic heterocycles. The second-order valence-corrected chi connectivity index (χ2v) is 7.35. The number of ether oxygens (including phenoxy) is 2. The van der Waals surface area contributed by atoms with Crippen molar-refractivity contribution in [2.75, 3.05) is 20.8 Å². The van der Waals surface area contributed by atoms with Crippen LogP contribution in [0.15, 0.2) is 24.3 Å². The van der Waals surface area contributed by atoms with Gasteiger partial charge < -0.3 is 14.4 Å². The number of halogens is 3. The van der Waals surface area contributed by atoms with Crippen LogP contribution in [0.25, 0.3) is 5.69 Å². The number of benzene rings is 1. The Kier molecular flexibility index (Phi) is 6.56. The van der Waals surface area contributed by atoms with Gasteiger partial charge in [0.15, 0.2) is 5.69 Å². The van der Waals surface area contributed by atoms with Gasteiger partial charge in [-0.3, -0.25) is 9.59 Å². The number of amides is 1. The van der Waals surface area contributed by atoms with Crippen molar-refractivity contribution in [2.45, 2.75) is 44.8 Å². The Balaban J connectivity index is 1.93. The highest BCUT2D eigenvalue weighted by atomic mass is 19.4. The number of methoxy groups -OCH3 is 2. The fraction of sp³-hybridized carbons (Fsp3) is 0.476. The summed E-state index contributed by atoms with van der Waals surface area (Å²) in [4.78, 5) is 26.1. The molecule has 0 fully saturated rings. The number of aromatic nitrogens is 2. The van der Waals surface area contributed by atoms with Gasteiger partial charge in [-0.25, -0.2) is 4.68 Å². The average Bonchev–Trinajstić information content (AvgIpc) is 3.15. The molecule has 1 atom stereocenters. The van der Waals surface area contributed by atoms with E-state index in [-0.39, 0.29) is 42.7 Å². The van der Waals surface area contributed by atoms with Crippen LogP contribution in [-0.4, -0.2) is 53.4 Å². The number of carbonyl (C=O) groups is 2. The Morgan fingerprint density at radius 1 is 1.23 bits per heavy atom. The molecule has 0 radical (unpaired) electrons. The van der Waals surface area contributed by atoms with Gasteiger partial charge in [0.2, 0.25) is 0 Å². The molecule has 1 unspecified atom stereocenters. The summed E-state index contributed by atoms with van der Waals surface area (Å²) >= 11 is 0. The largest absolute Gasteiger partial charge is 0.497 e. The standard InChI is InChI=1S/C21H24F3N3O4/c1-13(5-4-6-17(28)31-3)26-12-11-16-18(20(26)29)27(25-19(16)21(22,23)24)14-7-9-15(30-2)10-8-14/h7-10,13H,4-6,11-12H2,1-3H3. The van der Waals surface area contributed by atoms with Gasteiger partial charge in [-0.15, -0.1) is 0 Å². The SMILES string of the molecule is COC(=O)CCCC(C)N1CCc2c(C(F)(F)F)nn(-c3ccc(OC)cc3)c2C1=O. The van der Waals surface area contributed by atoms with Crippen LogP contribution in [0.5, 0.6) is 5.75 Å². The van der Waals surface area contributed by atoms with E-state index in [9.17, 15) is 22.8 Å². The second kappa shape index (κ2) is 8.99. The molecule has 1 aliphatic rings. The van der Waals surface area contributed by atoms with Gasteiger partial charge in [0.05, 0.1) is 19.9 Å². The van der Waals surface area contributed by atoms with Crippen molar-refractivity contribution in [2.24, 2.45) is 0 Å². The van der Waals surface area contributed by atoms with Gasteiger partial charge in [0.25, 0.3) is 5.91 Å². The number of alkyl halides is 3. The van der Waals surface area contributed by atoms with E-state index in [1.807, 2.05) is 6.92 Å². The Bertz CT molecular complexity index is 954. The topological polar surface area (TPSA) is 73.7 Å². The summed E-state index contributed by atoms with van der Waals surface area (Å²) in [5.74, 6) is -0.314. The van der Waals surface area contributed by atoms with Crippen LogP contribution in [0.4, 0.5) is 13.2 Å². The summed E-state index contributed by atoms with van der Waals surface area (Å²) in [7, 11) is 2.79. The molecule has 0 N–H and O–H groups in total. The lowest BCUT2D eigenvalue weighted by atomic mass is 10.00. The summed E-state index contributed by atoms with van der Waals surface area (Å²) < 4.78 is 51.6. The molecule has 0 spiro atoms. The maximum absolute atomic E-state index is 13.6. The average molecular weight is 439 g/mol. The van der Waals surface area contributed by atoms with Gasteiger partial charge in [0, 0.05) is 24.6 Å². The smallest absolute Gasteiger partial charge is 0.435 e. The Labute approximate surface area is 177 Å². The normalized spacial score (nSPS) is 14.9. The van der Waals surface area contributed by atoms with E-state index in [1.165, 1.54) is 14.2 Å². The zero-order valence-corrected chi connectivity index (χ0v) is 17.5. The quantitative estimate of drug-likeness (QED) is 0.616. The fourth-order valence-corrected chi connectivity index (χ4v) is 3.73. The van der Waals surface area contributed by atoms with Gasteiger partial charge in [-0.2, -0.15) is 18.3 Å². The number of fused-ring (bicyclic) bond motifs is 1. The highest BCUT2D eigenvalue weighted by molar-refractivity contribution is 5.96. The van der Waals surface area contributed by atoms with Gasteiger partial charge >= 0.3 is 12.1 Å². The molecule has 2 heterocycles. The molecule has 0 saturated heterocycles. The molecule has 0 bridgehead atoms. The summed E-state index contributed by atoms with van der Waals surface area (Å²) in [6, 6.07) is 6.05. The molecule has 1 aromatic carbocycles. The summed E-state index contributed by atoms with van der Waals surface area (Å²) in [5, 5.41) is 3.77. The molecular weight excluding hydrogens is 415 g/mol. The van der Waals surface area contributed by atoms with Gasteiger partial charge in [-0.1, -0.05) is 0 Å². The number of hydrogen-bond acceptors (Lipinski definition) is 5. The molecule has 0 saturated carbocycles. The summed E-state index contributed by atoms with van der Waals surface area (Å²) in [6.45, 7) is 1.97. The third-order valence-electron chi connectivity index (χ3n) is 5.40. The van der Waals surface area contributed by atoms with Crippen molar-refractivity contribution < 1.29 is 32.2 Å². The lowest BCUT2D eigenvalue weighted by Crippen LogP contribution is -2.44. The first-order chi connectivity index (χ1) is 14.7. The first-order valence-electron chi connectivity index (χ1n) is 9.88. The fourth-order valence-electron chi connectivity index (χ4n) is 3.73. The number of rotatable bonds is 7. The van der Waals surface area contributed by atoms with E-state index in [0.717, 1.165) is 4.68 Å². The third kappa shape index (κ3) is 4.67. The lowest BCUT2D eigenvalue weighted by Gasteiger charge is -2.33. The Morgan fingerprint density at radius 2 is 1.90 bits per heavy atom. The van der Waals surface area contributed by atoms with Crippen molar-refractivity contribution in [3.05, 3.63) is 41.2 Å². The molecule has 1 aliphatic heterocycles. The first kappa shape index (κ1) is 22.6. The molecular formula is C21H24F3N3O4. The van der Waals surface area contributed by atoms with Crippen molar-refractivity contribution in [1.82, 2.24) is 14.7 Å². The molecule has 3 rings (SSSR count). The maximum Gasteiger partial charge on any atom is 0.435 e. The van der Waals surface area contributed by atoms with E-state index >= 15 is 0 Å². The Morgan fingerprint density at radius 3 is 2.48 bits per heavy atom. The van der Waals surface area contributed by atoms with Crippen molar-refractivity contribution in [3.8, 4) is 11.4 Å². The monoisotopic (exact) mass is 439 g/mol. The van der Waals surface area contributed by atoms with Crippen molar-refractivity contribution in [3.63, 3.8) is 0 Å². The number of esters is 1. The molecule has 7 nitrogen and oxygen atoms in total. The highest BCUT2D eigenvalue weighted by Gasteiger charge is 2.43. The molecule has 168 valence electrons. The first-order valence-corrected chi connectivity index (χ1v) is 9.88. The predicted molar refractivity (Wildman–Crippen MR) is 105 cm³/mol. The van der Waals surface area contributed by atoms with Gasteiger partial charge in [0.1, 0.15) is 11.4 Å². The van der Waals surface area contributed by atoms with Crippen LogP contribution < -0.4 is 4.74 Å². The van der Waals surface area contributed by atoms with E-state index in [1.54, 1.807) is 29.2 Å². The van der Waals surface area contributed by atoms with Crippen LogP contribution in [0, 0.1) is 0 Å². The zero-order chi connectivity index (χ0) is 22.8. The number of hydrogen-bond donors (Lipinski definition) is 0. The van der Waals surface area contributed by atoms with E-state index in [2.05, 4.69) is 9.84 Å². The molecule has 0 aliphatic carbocycles. The van der Waals surface area contributed by atoms with E-state index < -0.39 is 17.8 Å². The molecule has 31 heavy (non-hydrogen) atoms. The van der Waals surface area contributed by atoms with E-state index in [4.69, 9.17) is 4.74 Å². The zero-order valence-electron chi connectivity index (χ0n) is 17.5. The van der Waals surface area contributed by atoms with Crippen LogP contribution >= 0.6 is 0 Å². The lowest BCUT2D eigenvalue weighted by molar-refractivity contribution is -0.142. The number of carbonyl (C=O) groups excluding carboxylic acids is 2. The van der Waals surface area contributed by atoms with Crippen molar-refractivity contribution in [1.29, 1.82) is 0 Å². The molecule has 1 amide bonds. The minimum absolute atomic E-state index is 0.0490. The molecule has 2 aromatic rings. The maximum atomic E-state index is 13.6. The third-order valence-corrected chi connectivity index (χ3v) is 5.40. The van der Waals surface area contributed by atoms with Crippen LogP contribution in [0.2, 0.25) is 0 Å². The van der Waals surface area contributed by atoms with Crippen LogP contribution in [0.1, 0.15) is 47.9 Å². The van der Waals surface area contributed by atoms with Crippen LogP contribution in [-0.2, 0) is 22.1 Å².